The number of piperidine rings is 1. The zero-order chi connectivity index (χ0) is 12.5. The maximum Gasteiger partial charge on any atom is 0.0933 e. The molecule has 3 atom stereocenters. The van der Waals surface area contributed by atoms with Gasteiger partial charge in [-0.25, -0.2) is 0 Å². The predicted molar refractivity (Wildman–Crippen MR) is 73.3 cm³/mol. The summed E-state index contributed by atoms with van der Waals surface area (Å²) in [6.45, 7) is 0. The minimum atomic E-state index is -0.00576. The lowest BCUT2D eigenvalue weighted by Gasteiger charge is -2.42. The second kappa shape index (κ2) is 3.20. The summed E-state index contributed by atoms with van der Waals surface area (Å²) in [5.41, 5.74) is 3.04. The summed E-state index contributed by atoms with van der Waals surface area (Å²) in [4.78, 5) is 6.22. The summed E-state index contributed by atoms with van der Waals surface area (Å²) in [6, 6.07) is 10.9. The minimum absolute atomic E-state index is 0.00576. The molecule has 0 aromatic heterocycles. The van der Waals surface area contributed by atoms with Crippen molar-refractivity contribution in [3.63, 3.8) is 0 Å². The Hall–Kier alpha value is -1.38. The van der Waals surface area contributed by atoms with E-state index < -0.39 is 0 Å². The van der Waals surface area contributed by atoms with E-state index in [4.69, 9.17) is 4.84 Å². The predicted octanol–water partition coefficient (Wildman–Crippen LogP) is 3.32. The standard InChI is InChI=1S/C17H17NO/c1-2-6-13(7-3-1)17-10-14-8-4-5-9-16(14)11-15(12-17)19-18(16)17/h1-4,6-8,10,15H,5,9,11-12H2/t15?,16-,17?/m0/s1. The Morgan fingerprint density at radius 3 is 2.89 bits per heavy atom. The Balaban J connectivity index is 1.74. The summed E-state index contributed by atoms with van der Waals surface area (Å²) in [7, 11) is 0. The molecule has 2 unspecified atom stereocenters. The first kappa shape index (κ1) is 10.4. The van der Waals surface area contributed by atoms with Crippen molar-refractivity contribution in [3.8, 4) is 0 Å². The van der Waals surface area contributed by atoms with Gasteiger partial charge in [-0.1, -0.05) is 48.6 Å². The van der Waals surface area contributed by atoms with Crippen LogP contribution in [-0.4, -0.2) is 16.7 Å². The molecule has 2 fully saturated rings. The maximum atomic E-state index is 6.22. The van der Waals surface area contributed by atoms with Gasteiger partial charge in [-0.05, 0) is 24.0 Å². The van der Waals surface area contributed by atoms with Crippen molar-refractivity contribution < 1.29 is 4.84 Å². The van der Waals surface area contributed by atoms with E-state index in [0.717, 1.165) is 6.42 Å². The van der Waals surface area contributed by atoms with E-state index in [1.54, 1.807) is 0 Å². The average molecular weight is 251 g/mol. The Bertz CT molecular complexity index is 605. The molecule has 3 aliphatic heterocycles. The molecule has 0 radical (unpaired) electrons. The van der Waals surface area contributed by atoms with Crippen LogP contribution in [0.15, 0.2) is 54.1 Å². The molecule has 19 heavy (non-hydrogen) atoms. The lowest BCUT2D eigenvalue weighted by Crippen LogP contribution is -2.50. The molecule has 1 aliphatic carbocycles. The fourth-order valence-corrected chi connectivity index (χ4v) is 4.64. The Morgan fingerprint density at radius 2 is 2.05 bits per heavy atom. The van der Waals surface area contributed by atoms with Crippen molar-refractivity contribution in [2.45, 2.75) is 42.9 Å². The van der Waals surface area contributed by atoms with Crippen LogP contribution < -0.4 is 0 Å². The molecule has 0 saturated carbocycles. The molecule has 1 aromatic rings. The van der Waals surface area contributed by atoms with Crippen molar-refractivity contribution >= 4 is 0 Å². The lowest BCUT2D eigenvalue weighted by atomic mass is 9.76. The smallest absolute Gasteiger partial charge is 0.0933 e. The molecule has 2 saturated heterocycles. The summed E-state index contributed by atoms with van der Waals surface area (Å²) >= 11 is 0. The van der Waals surface area contributed by atoms with Crippen LogP contribution in [0.1, 0.15) is 31.2 Å². The van der Waals surface area contributed by atoms with Crippen LogP contribution in [0.3, 0.4) is 0 Å². The van der Waals surface area contributed by atoms with E-state index in [-0.39, 0.29) is 11.1 Å². The number of fused-ring (bicyclic) bond motifs is 1. The highest BCUT2D eigenvalue weighted by molar-refractivity contribution is 5.50. The molecule has 2 nitrogen and oxygen atoms in total. The number of hydroxylamine groups is 2. The molecule has 1 aromatic carbocycles. The summed E-state index contributed by atoms with van der Waals surface area (Å²) < 4.78 is 0. The highest BCUT2D eigenvalue weighted by Gasteiger charge is 2.67. The molecular formula is C17H17NO. The monoisotopic (exact) mass is 251 g/mol. The van der Waals surface area contributed by atoms with E-state index in [2.05, 4.69) is 53.6 Å². The molecule has 0 N–H and O–H groups in total. The van der Waals surface area contributed by atoms with Crippen molar-refractivity contribution in [2.75, 3.05) is 0 Å². The third kappa shape index (κ3) is 1.07. The van der Waals surface area contributed by atoms with Gasteiger partial charge in [-0.3, -0.25) is 4.84 Å². The first-order valence-electron chi connectivity index (χ1n) is 7.26. The largest absolute Gasteiger partial charge is 0.293 e. The average Bonchev–Trinajstić information content (AvgIpc) is 3.01. The zero-order valence-corrected chi connectivity index (χ0v) is 10.9. The van der Waals surface area contributed by atoms with Gasteiger partial charge in [0, 0.05) is 12.8 Å². The quantitative estimate of drug-likeness (QED) is 0.759. The molecule has 4 aliphatic rings. The Morgan fingerprint density at radius 1 is 1.16 bits per heavy atom. The number of hydrogen-bond acceptors (Lipinski definition) is 2. The summed E-state index contributed by atoms with van der Waals surface area (Å²) in [6.07, 6.45) is 12.2. The molecule has 3 heterocycles. The van der Waals surface area contributed by atoms with Crippen LogP contribution in [0.4, 0.5) is 0 Å². The van der Waals surface area contributed by atoms with Crippen molar-refractivity contribution in [3.05, 3.63) is 59.7 Å². The highest BCUT2D eigenvalue weighted by Crippen LogP contribution is 2.63. The van der Waals surface area contributed by atoms with Gasteiger partial charge >= 0.3 is 0 Å². The maximum absolute atomic E-state index is 6.22. The van der Waals surface area contributed by atoms with Gasteiger partial charge in [0.15, 0.2) is 0 Å². The zero-order valence-electron chi connectivity index (χ0n) is 10.9. The molecular weight excluding hydrogens is 234 g/mol. The molecule has 5 rings (SSSR count). The summed E-state index contributed by atoms with van der Waals surface area (Å²) in [5.74, 6) is 0. The normalized spacial score (nSPS) is 42.5. The second-order valence-electron chi connectivity index (χ2n) is 6.29. The SMILES string of the molecule is C1=CC2=CC3(c4ccccc4)CC4C[C@]2(CC1)N3O4. The number of nitrogens with zero attached hydrogens (tertiary/aromatic N) is 1. The number of allylic oxidation sites excluding steroid dienone is 1. The summed E-state index contributed by atoms with van der Waals surface area (Å²) in [5, 5.41) is 2.35. The van der Waals surface area contributed by atoms with E-state index >= 15 is 0 Å². The van der Waals surface area contributed by atoms with Gasteiger partial charge < -0.3 is 0 Å². The van der Waals surface area contributed by atoms with E-state index in [0.29, 0.717) is 6.10 Å². The van der Waals surface area contributed by atoms with Crippen LogP contribution >= 0.6 is 0 Å². The molecule has 0 amide bonds. The van der Waals surface area contributed by atoms with Crippen LogP contribution in [-0.2, 0) is 10.4 Å². The molecule has 2 heteroatoms. The third-order valence-corrected chi connectivity index (χ3v) is 5.34. The molecule has 1 spiro atoms. The van der Waals surface area contributed by atoms with Crippen LogP contribution in [0.25, 0.3) is 0 Å². The fourth-order valence-electron chi connectivity index (χ4n) is 4.64. The van der Waals surface area contributed by atoms with Gasteiger partial charge in [0.2, 0.25) is 0 Å². The third-order valence-electron chi connectivity index (χ3n) is 5.34. The van der Waals surface area contributed by atoms with Gasteiger partial charge in [0.05, 0.1) is 17.2 Å². The van der Waals surface area contributed by atoms with Crippen molar-refractivity contribution in [1.29, 1.82) is 0 Å². The van der Waals surface area contributed by atoms with E-state index in [1.807, 2.05) is 0 Å². The Kier molecular flexibility index (Phi) is 1.75. The number of benzene rings is 1. The van der Waals surface area contributed by atoms with Gasteiger partial charge in [0.1, 0.15) is 0 Å². The first-order chi connectivity index (χ1) is 9.33. The number of hydrogen-bond donors (Lipinski definition) is 0. The van der Waals surface area contributed by atoms with Crippen LogP contribution in [0.2, 0.25) is 0 Å². The Labute approximate surface area is 113 Å². The van der Waals surface area contributed by atoms with Crippen molar-refractivity contribution in [2.24, 2.45) is 0 Å². The van der Waals surface area contributed by atoms with Gasteiger partial charge in [-0.2, -0.15) is 5.06 Å². The topological polar surface area (TPSA) is 12.5 Å². The first-order valence-corrected chi connectivity index (χ1v) is 7.26. The number of rotatable bonds is 1. The second-order valence-corrected chi connectivity index (χ2v) is 6.29. The van der Waals surface area contributed by atoms with Gasteiger partial charge in [-0.15, -0.1) is 0 Å². The van der Waals surface area contributed by atoms with Gasteiger partial charge in [0.25, 0.3) is 0 Å². The lowest BCUT2D eigenvalue weighted by molar-refractivity contribution is -0.170. The van der Waals surface area contributed by atoms with E-state index in [9.17, 15) is 0 Å². The molecule has 2 bridgehead atoms. The highest BCUT2D eigenvalue weighted by atomic mass is 16.7. The van der Waals surface area contributed by atoms with Crippen LogP contribution in [0.5, 0.6) is 0 Å². The fraction of sp³-hybridized carbons (Fsp3) is 0.412. The van der Waals surface area contributed by atoms with Crippen LogP contribution in [0, 0.1) is 0 Å². The molecule has 96 valence electrons. The van der Waals surface area contributed by atoms with Crippen molar-refractivity contribution in [1.82, 2.24) is 5.06 Å². The minimum Gasteiger partial charge on any atom is -0.293 e. The van der Waals surface area contributed by atoms with E-state index in [1.165, 1.54) is 30.4 Å².